The van der Waals surface area contributed by atoms with Gasteiger partial charge in [-0.25, -0.2) is 9.78 Å². The Morgan fingerprint density at radius 1 is 0.679 bits per heavy atom. The quantitative estimate of drug-likeness (QED) is 0.0995. The number of quaternary nitrogens is 1. The number of carbonyl (C=O) groups excluding carboxylic acids is 1. The average Bonchev–Trinajstić information content (AvgIpc) is 3.17. The van der Waals surface area contributed by atoms with E-state index in [0.717, 1.165) is 6.08 Å². The van der Waals surface area contributed by atoms with Gasteiger partial charge in [0.2, 0.25) is 5.41 Å². The van der Waals surface area contributed by atoms with E-state index in [9.17, 15) is 19.8 Å². The smallest absolute Gasteiger partial charge is 0.410 e. The van der Waals surface area contributed by atoms with Crippen LogP contribution in [0.1, 0.15) is 43.0 Å². The lowest BCUT2D eigenvalue weighted by atomic mass is 9.74. The Kier molecular flexibility index (Phi) is 8.50. The van der Waals surface area contributed by atoms with Crippen LogP contribution in [0.2, 0.25) is 0 Å². The molecule has 2 aliphatic rings. The van der Waals surface area contributed by atoms with Crippen LogP contribution >= 0.6 is 0 Å². The summed E-state index contributed by atoms with van der Waals surface area (Å²) in [4.78, 5) is 28.2. The van der Waals surface area contributed by atoms with Gasteiger partial charge in [0, 0.05) is 56.3 Å². The van der Waals surface area contributed by atoms with E-state index in [-0.39, 0.29) is 47.6 Å². The highest BCUT2D eigenvalue weighted by molar-refractivity contribution is 6.12. The van der Waals surface area contributed by atoms with Gasteiger partial charge >= 0.3 is 18.3 Å². The lowest BCUT2D eigenvalue weighted by Gasteiger charge is -2.47. The van der Waals surface area contributed by atoms with Gasteiger partial charge in [-0.3, -0.25) is 4.48 Å². The molecule has 12 heteroatoms. The van der Waals surface area contributed by atoms with Crippen LogP contribution < -0.4 is 9.59 Å². The average molecular weight is 763 g/mol. The van der Waals surface area contributed by atoms with Gasteiger partial charge < -0.3 is 15.0 Å². The van der Waals surface area contributed by atoms with Crippen LogP contribution in [-0.4, -0.2) is 34.4 Å². The molecule has 5 aromatic carbocycles. The summed E-state index contributed by atoms with van der Waals surface area (Å²) in [5, 5.41) is 22.5. The maximum absolute atomic E-state index is 15.2. The molecule has 6 nitrogen and oxygen atoms in total. The summed E-state index contributed by atoms with van der Waals surface area (Å²) in [5.74, 6) is -2.68. The topological polar surface area (TPSA) is 90.3 Å². The van der Waals surface area contributed by atoms with Crippen molar-refractivity contribution in [2.75, 3.05) is 0 Å². The largest absolute Gasteiger partial charge is 0.545 e. The zero-order valence-electron chi connectivity index (χ0n) is 29.0. The van der Waals surface area contributed by atoms with E-state index < -0.39 is 34.2 Å². The minimum Gasteiger partial charge on any atom is -0.545 e. The second kappa shape index (κ2) is 13.1. The number of carboxylic acid groups (broad SMARTS) is 2. The van der Waals surface area contributed by atoms with Gasteiger partial charge in [0.05, 0.1) is 22.6 Å². The van der Waals surface area contributed by atoms with Crippen molar-refractivity contribution in [3.63, 3.8) is 0 Å². The van der Waals surface area contributed by atoms with E-state index in [1.807, 2.05) is 12.1 Å². The molecule has 0 bridgehead atoms. The highest BCUT2D eigenvalue weighted by Crippen LogP contribution is 2.60. The lowest BCUT2D eigenvalue weighted by Crippen LogP contribution is -2.54. The van der Waals surface area contributed by atoms with Crippen LogP contribution in [0, 0.1) is 5.41 Å². The first-order valence-corrected chi connectivity index (χ1v) is 17.3. The zero-order valence-corrected chi connectivity index (χ0v) is 29.0. The molecule has 1 N–H and O–H groups in total. The normalized spacial score (nSPS) is 17.7. The van der Waals surface area contributed by atoms with E-state index >= 15 is 26.3 Å². The van der Waals surface area contributed by atoms with Gasteiger partial charge in [-0.2, -0.15) is 26.3 Å². The molecule has 1 aromatic heterocycles. The second-order valence-electron chi connectivity index (χ2n) is 13.8. The Labute approximate surface area is 315 Å². The Balaban J connectivity index is 1.53. The van der Waals surface area contributed by atoms with E-state index in [4.69, 9.17) is 4.98 Å². The summed E-state index contributed by atoms with van der Waals surface area (Å²) in [6.07, 6.45) is -10.3. The maximum Gasteiger partial charge on any atom is 0.410 e. The number of benzene rings is 5. The zero-order chi connectivity index (χ0) is 39.6. The third-order valence-electron chi connectivity index (χ3n) is 10.6. The van der Waals surface area contributed by atoms with Crippen LogP contribution in [-0.2, 0) is 13.1 Å². The molecule has 8 rings (SSSR count). The third-order valence-corrected chi connectivity index (χ3v) is 10.6. The predicted molar refractivity (Wildman–Crippen MR) is 197 cm³/mol. The van der Waals surface area contributed by atoms with Crippen molar-refractivity contribution in [2.24, 2.45) is 5.41 Å². The first kappa shape index (κ1) is 36.4. The van der Waals surface area contributed by atoms with Crippen LogP contribution in [0.15, 0.2) is 151 Å². The highest BCUT2D eigenvalue weighted by atomic mass is 19.4. The van der Waals surface area contributed by atoms with Gasteiger partial charge in [-0.1, -0.05) is 97.1 Å². The second-order valence-corrected chi connectivity index (χ2v) is 13.8. The van der Waals surface area contributed by atoms with Gasteiger partial charge in [0.15, 0.2) is 0 Å². The molecule has 1 atom stereocenters. The summed E-state index contributed by atoms with van der Waals surface area (Å²) >= 11 is 0. The molecule has 1 aliphatic carbocycles. The molecule has 0 saturated carbocycles. The molecule has 56 heavy (non-hydrogen) atoms. The molecule has 2 heterocycles. The molecule has 0 fully saturated rings. The van der Waals surface area contributed by atoms with Gasteiger partial charge in [0.1, 0.15) is 24.5 Å². The number of aromatic carboxylic acids is 2. The number of rotatable bonds is 7. The number of carbonyl (C=O) groups is 2. The SMILES string of the molecule is O=C([O-])c1ccc(C[N+]2(Cc3ccc(C(=O)O)cc3)C3=CC(C(F)(F)F)(C(F)(F)F)C=CC3=C(c3c4ccccc4nc4ccccc34)c3ccccc32)cc1. The monoisotopic (exact) mass is 762 g/mol. The van der Waals surface area contributed by atoms with Gasteiger partial charge in [-0.15, -0.1) is 0 Å². The lowest BCUT2D eigenvalue weighted by molar-refractivity contribution is -0.303. The fraction of sp³-hybridized carbons (Fsp3) is 0.114. The Morgan fingerprint density at radius 3 is 1.70 bits per heavy atom. The van der Waals surface area contributed by atoms with Crippen molar-refractivity contribution in [3.05, 3.63) is 184 Å². The van der Waals surface area contributed by atoms with Crippen molar-refractivity contribution in [2.45, 2.75) is 25.4 Å². The Morgan fingerprint density at radius 2 is 1.18 bits per heavy atom. The van der Waals surface area contributed by atoms with Crippen molar-refractivity contribution in [1.29, 1.82) is 0 Å². The standard InChI is InChI=1S/C44H28F6N2O4/c45-43(46,47)42(44(48,49)50)22-21-33-37(23-42)52(24-26-13-17-28(18-14-26)40(53)54,25-27-15-19-29(20-16-27)41(55)56)36-12-6-3-9-32(36)39(33)38-30-7-1-4-10-34(30)51-35-11-5-2-8-31(35)38/h1-23H,24-25H2,(H-,53,54,55,56). The molecular weight excluding hydrogens is 734 g/mol. The number of para-hydroxylation sites is 3. The molecule has 1 unspecified atom stereocenters. The van der Waals surface area contributed by atoms with Crippen LogP contribution in [0.5, 0.6) is 0 Å². The van der Waals surface area contributed by atoms with Crippen LogP contribution in [0.25, 0.3) is 27.4 Å². The first-order chi connectivity index (χ1) is 26.6. The Hall–Kier alpha value is -6.53. The summed E-state index contributed by atoms with van der Waals surface area (Å²) in [5.41, 5.74) is -1.01. The number of halogens is 6. The molecular formula is C44H28F6N2O4. The minimum atomic E-state index is -5.82. The number of aromatic nitrogens is 1. The molecule has 1 aliphatic heterocycles. The molecule has 280 valence electrons. The van der Waals surface area contributed by atoms with E-state index in [1.54, 1.807) is 60.7 Å². The summed E-state index contributed by atoms with van der Waals surface area (Å²) in [6.45, 7) is -0.454. The highest BCUT2D eigenvalue weighted by Gasteiger charge is 2.70. The summed E-state index contributed by atoms with van der Waals surface area (Å²) in [7, 11) is 0. The minimum absolute atomic E-state index is 0.0653. The summed E-state index contributed by atoms with van der Waals surface area (Å²) < 4.78 is 90.4. The van der Waals surface area contributed by atoms with Crippen LogP contribution in [0.3, 0.4) is 0 Å². The van der Waals surface area contributed by atoms with E-state index in [1.165, 1.54) is 48.5 Å². The number of nitrogens with zero attached hydrogens (tertiary/aromatic N) is 2. The maximum atomic E-state index is 15.2. The van der Waals surface area contributed by atoms with Gasteiger partial charge in [0.25, 0.3) is 0 Å². The molecule has 0 radical (unpaired) electrons. The Bertz CT molecular complexity index is 2550. The molecule has 6 aromatic rings. The third kappa shape index (κ3) is 5.75. The number of alkyl halides is 6. The molecule has 0 spiro atoms. The number of hydrogen-bond acceptors (Lipinski definition) is 4. The number of fused-ring (bicyclic) bond motifs is 4. The van der Waals surface area contributed by atoms with Crippen molar-refractivity contribution < 1.29 is 46.1 Å². The van der Waals surface area contributed by atoms with Crippen LogP contribution in [0.4, 0.5) is 32.0 Å². The molecule has 0 saturated heterocycles. The van der Waals surface area contributed by atoms with Gasteiger partial charge in [-0.05, 0) is 35.9 Å². The fourth-order valence-electron chi connectivity index (χ4n) is 7.95. The van der Waals surface area contributed by atoms with E-state index in [2.05, 4.69) is 0 Å². The number of pyridine rings is 1. The predicted octanol–water partition coefficient (Wildman–Crippen LogP) is 9.54. The van der Waals surface area contributed by atoms with Crippen molar-refractivity contribution in [1.82, 2.24) is 9.47 Å². The van der Waals surface area contributed by atoms with E-state index in [0.29, 0.717) is 55.3 Å². The fourth-order valence-corrected chi connectivity index (χ4v) is 7.95. The number of hydrogen-bond donors (Lipinski definition) is 1. The van der Waals surface area contributed by atoms with Crippen molar-refractivity contribution in [3.8, 4) is 0 Å². The van der Waals surface area contributed by atoms with Crippen molar-refractivity contribution >= 4 is 45.0 Å². The number of allylic oxidation sites excluding steroid dienone is 3. The molecule has 0 amide bonds. The number of carboxylic acids is 2. The summed E-state index contributed by atoms with van der Waals surface area (Å²) in [6, 6.07) is 32.2. The first-order valence-electron chi connectivity index (χ1n) is 17.3.